The Balaban J connectivity index is 1.50. The second kappa shape index (κ2) is 9.10. The average molecular weight is 536 g/mol. The summed E-state index contributed by atoms with van der Waals surface area (Å²) in [6, 6.07) is 15.4. The van der Waals surface area contributed by atoms with Gasteiger partial charge in [-0.1, -0.05) is 29.4 Å². The molecule has 0 atom stereocenters. The number of halogens is 1. The van der Waals surface area contributed by atoms with E-state index in [0.29, 0.717) is 16.7 Å². The largest absolute Gasteiger partial charge is 0.380 e. The number of carbonyl (C=O) groups is 2. The highest BCUT2D eigenvalue weighted by Gasteiger charge is 2.22. The Morgan fingerprint density at radius 3 is 2.50 bits per heavy atom. The minimum absolute atomic E-state index is 0.112. The van der Waals surface area contributed by atoms with Crippen LogP contribution in [-0.2, 0) is 10.0 Å². The SMILES string of the molecule is NC(=O)c1cc(C(=O)Nc2ccc(-c3ccccc3S(N)(=O)=O)cc2F)n(-c2ccc3onc(N)c3c2)n1. The molecule has 192 valence electrons. The van der Waals surface area contributed by atoms with E-state index in [4.69, 9.17) is 21.1 Å². The maximum absolute atomic E-state index is 15.1. The minimum atomic E-state index is -4.07. The number of primary sulfonamides is 1. The van der Waals surface area contributed by atoms with Crippen molar-refractivity contribution in [3.05, 3.63) is 83.9 Å². The third-order valence-electron chi connectivity index (χ3n) is 5.64. The summed E-state index contributed by atoms with van der Waals surface area (Å²) < 4.78 is 45.1. The van der Waals surface area contributed by atoms with Crippen LogP contribution in [0, 0.1) is 5.82 Å². The van der Waals surface area contributed by atoms with Gasteiger partial charge in [0.25, 0.3) is 11.8 Å². The molecule has 2 heterocycles. The Hall–Kier alpha value is -5.08. The van der Waals surface area contributed by atoms with E-state index >= 15 is 4.39 Å². The fourth-order valence-electron chi connectivity index (χ4n) is 3.86. The number of aromatic nitrogens is 3. The third-order valence-corrected chi connectivity index (χ3v) is 6.61. The predicted octanol–water partition coefficient (Wildman–Crippen LogP) is 2.40. The van der Waals surface area contributed by atoms with Gasteiger partial charge in [-0.25, -0.2) is 22.6 Å². The molecule has 7 N–H and O–H groups in total. The first kappa shape index (κ1) is 24.6. The zero-order chi connectivity index (χ0) is 27.2. The van der Waals surface area contributed by atoms with Crippen molar-refractivity contribution in [3.8, 4) is 16.8 Å². The molecular formula is C24H18FN7O5S. The van der Waals surface area contributed by atoms with Gasteiger partial charge in [0.1, 0.15) is 11.5 Å². The topological polar surface area (TPSA) is 202 Å². The Morgan fingerprint density at radius 1 is 1.03 bits per heavy atom. The van der Waals surface area contributed by atoms with E-state index in [-0.39, 0.29) is 38.9 Å². The first-order chi connectivity index (χ1) is 18.0. The number of benzene rings is 3. The first-order valence-electron chi connectivity index (χ1n) is 10.8. The van der Waals surface area contributed by atoms with E-state index in [1.165, 1.54) is 30.3 Å². The lowest BCUT2D eigenvalue weighted by atomic mass is 10.0. The van der Waals surface area contributed by atoms with Gasteiger partial charge in [0.2, 0.25) is 10.0 Å². The van der Waals surface area contributed by atoms with Gasteiger partial charge in [0, 0.05) is 11.6 Å². The molecule has 5 aromatic rings. The van der Waals surface area contributed by atoms with Crippen LogP contribution in [0.1, 0.15) is 21.0 Å². The van der Waals surface area contributed by atoms with E-state index in [1.807, 2.05) is 0 Å². The monoisotopic (exact) mass is 535 g/mol. The first-order valence-corrected chi connectivity index (χ1v) is 12.4. The zero-order valence-electron chi connectivity index (χ0n) is 19.3. The van der Waals surface area contributed by atoms with Crippen molar-refractivity contribution < 1.29 is 26.9 Å². The number of fused-ring (bicyclic) bond motifs is 1. The molecule has 2 amide bonds. The second-order valence-corrected chi connectivity index (χ2v) is 9.66. The van der Waals surface area contributed by atoms with E-state index in [0.717, 1.165) is 16.8 Å². The molecule has 0 radical (unpaired) electrons. The number of hydrogen-bond donors (Lipinski definition) is 4. The van der Waals surface area contributed by atoms with Crippen LogP contribution in [0.15, 0.2) is 76.1 Å². The van der Waals surface area contributed by atoms with Crippen molar-refractivity contribution in [2.45, 2.75) is 4.90 Å². The summed E-state index contributed by atoms with van der Waals surface area (Å²) in [5, 5.41) is 15.9. The lowest BCUT2D eigenvalue weighted by Crippen LogP contribution is -2.17. The number of nitrogens with one attached hydrogen (secondary N) is 1. The van der Waals surface area contributed by atoms with Gasteiger partial charge in [-0.2, -0.15) is 5.10 Å². The number of rotatable bonds is 6. The quantitative estimate of drug-likeness (QED) is 0.254. The van der Waals surface area contributed by atoms with Crippen LogP contribution in [0.25, 0.3) is 27.8 Å². The van der Waals surface area contributed by atoms with E-state index < -0.39 is 27.7 Å². The molecular weight excluding hydrogens is 517 g/mol. The highest BCUT2D eigenvalue weighted by Crippen LogP contribution is 2.30. The van der Waals surface area contributed by atoms with Crippen molar-refractivity contribution in [1.29, 1.82) is 0 Å². The Kier molecular flexibility index (Phi) is 5.89. The molecule has 0 aliphatic carbocycles. The van der Waals surface area contributed by atoms with E-state index in [2.05, 4.69) is 15.6 Å². The van der Waals surface area contributed by atoms with Crippen molar-refractivity contribution >= 4 is 44.3 Å². The molecule has 0 saturated heterocycles. The molecule has 14 heteroatoms. The highest BCUT2D eigenvalue weighted by atomic mass is 32.2. The molecule has 5 rings (SSSR count). The molecule has 0 fully saturated rings. The summed E-state index contributed by atoms with van der Waals surface area (Å²) >= 11 is 0. The number of hydrogen-bond acceptors (Lipinski definition) is 8. The van der Waals surface area contributed by atoms with Crippen LogP contribution in [0.3, 0.4) is 0 Å². The highest BCUT2D eigenvalue weighted by molar-refractivity contribution is 7.89. The van der Waals surface area contributed by atoms with Crippen molar-refractivity contribution in [3.63, 3.8) is 0 Å². The normalized spacial score (nSPS) is 11.5. The van der Waals surface area contributed by atoms with Crippen molar-refractivity contribution in [1.82, 2.24) is 14.9 Å². The van der Waals surface area contributed by atoms with Gasteiger partial charge in [-0.3, -0.25) is 9.59 Å². The summed E-state index contributed by atoms with van der Waals surface area (Å²) in [6.45, 7) is 0. The number of nitrogens with two attached hydrogens (primary N) is 3. The summed E-state index contributed by atoms with van der Waals surface area (Å²) in [6.07, 6.45) is 0. The van der Waals surface area contributed by atoms with Gasteiger partial charge in [0.15, 0.2) is 17.1 Å². The van der Waals surface area contributed by atoms with Crippen LogP contribution in [0.4, 0.5) is 15.9 Å². The molecule has 0 bridgehead atoms. The lowest BCUT2D eigenvalue weighted by molar-refractivity contribution is 0.0993. The van der Waals surface area contributed by atoms with Crippen LogP contribution in [0.5, 0.6) is 0 Å². The number of sulfonamides is 1. The van der Waals surface area contributed by atoms with Crippen LogP contribution in [-0.4, -0.2) is 35.2 Å². The molecule has 0 aliphatic heterocycles. The summed E-state index contributed by atoms with van der Waals surface area (Å²) in [5.41, 5.74) is 11.8. The van der Waals surface area contributed by atoms with E-state index in [9.17, 15) is 18.0 Å². The third kappa shape index (κ3) is 4.44. The van der Waals surface area contributed by atoms with Gasteiger partial charge in [-0.15, -0.1) is 0 Å². The molecule has 3 aromatic carbocycles. The number of nitrogen functional groups attached to an aromatic ring is 1. The Labute approximate surface area is 213 Å². The number of primary amides is 1. The molecule has 0 saturated carbocycles. The van der Waals surface area contributed by atoms with Crippen LogP contribution < -0.4 is 21.9 Å². The molecule has 0 unspecified atom stereocenters. The van der Waals surface area contributed by atoms with Crippen LogP contribution >= 0.6 is 0 Å². The molecule has 0 aliphatic rings. The number of anilines is 2. The van der Waals surface area contributed by atoms with Gasteiger partial charge in [-0.05, 0) is 42.0 Å². The van der Waals surface area contributed by atoms with Gasteiger partial charge < -0.3 is 21.3 Å². The predicted molar refractivity (Wildman–Crippen MR) is 135 cm³/mol. The number of nitrogens with zero attached hydrogens (tertiary/aromatic N) is 3. The standard InChI is InChI=1S/C24H18FN7O5S/c25-16-9-12(14-3-1-2-4-21(14)38(28,35)36)5-7-17(16)29-24(34)19-11-18(23(27)33)30-32(19)13-6-8-20-15(10-13)22(26)31-37-20/h1-11H,(H2,26,31)(H2,27,33)(H,29,34)(H2,28,35,36). The molecule has 2 aromatic heterocycles. The van der Waals surface area contributed by atoms with Crippen molar-refractivity contribution in [2.24, 2.45) is 10.9 Å². The van der Waals surface area contributed by atoms with Gasteiger partial charge >= 0.3 is 0 Å². The summed E-state index contributed by atoms with van der Waals surface area (Å²) in [4.78, 5) is 24.8. The number of carbonyl (C=O) groups excluding carboxylic acids is 2. The average Bonchev–Trinajstić information content (AvgIpc) is 3.49. The lowest BCUT2D eigenvalue weighted by Gasteiger charge is -2.12. The fraction of sp³-hybridized carbons (Fsp3) is 0. The van der Waals surface area contributed by atoms with Gasteiger partial charge in [0.05, 0.1) is 21.7 Å². The molecule has 12 nitrogen and oxygen atoms in total. The summed E-state index contributed by atoms with van der Waals surface area (Å²) in [5.74, 6) is -2.42. The molecule has 0 spiro atoms. The zero-order valence-corrected chi connectivity index (χ0v) is 20.1. The number of amides is 2. The maximum atomic E-state index is 15.1. The van der Waals surface area contributed by atoms with Crippen LogP contribution in [0.2, 0.25) is 0 Å². The fourth-order valence-corrected chi connectivity index (χ4v) is 4.62. The Bertz CT molecular complexity index is 1860. The molecule has 38 heavy (non-hydrogen) atoms. The summed E-state index contributed by atoms with van der Waals surface area (Å²) in [7, 11) is -4.07. The maximum Gasteiger partial charge on any atom is 0.274 e. The second-order valence-electron chi connectivity index (χ2n) is 8.13. The smallest absolute Gasteiger partial charge is 0.274 e. The van der Waals surface area contributed by atoms with Crippen molar-refractivity contribution in [2.75, 3.05) is 11.1 Å². The van der Waals surface area contributed by atoms with E-state index in [1.54, 1.807) is 24.3 Å². The Morgan fingerprint density at radius 2 is 1.79 bits per heavy atom. The minimum Gasteiger partial charge on any atom is -0.380 e.